The highest BCUT2D eigenvalue weighted by molar-refractivity contribution is 8.08. The van der Waals surface area contributed by atoms with Crippen molar-refractivity contribution in [2.24, 2.45) is 0 Å². The molecule has 32 heavy (non-hydrogen) atoms. The molecule has 0 aliphatic carbocycles. The van der Waals surface area contributed by atoms with Gasteiger partial charge in [0, 0.05) is 0 Å². The highest BCUT2D eigenvalue weighted by Gasteiger charge is 2.80. The molecule has 1 rings (SSSR count). The number of hydrogen-bond acceptors (Lipinski definition) is 13. The summed E-state index contributed by atoms with van der Waals surface area (Å²) in [5.74, 6) is -12.2. The van der Waals surface area contributed by atoms with Crippen molar-refractivity contribution in [2.75, 3.05) is 0 Å². The van der Waals surface area contributed by atoms with Gasteiger partial charge in [0.25, 0.3) is 36.3 Å². The van der Waals surface area contributed by atoms with Crippen LogP contribution in [0.2, 0.25) is 0 Å². The van der Waals surface area contributed by atoms with E-state index in [4.69, 9.17) is 14.8 Å². The lowest BCUT2D eigenvalue weighted by Crippen LogP contribution is -2.60. The first-order valence-electron chi connectivity index (χ1n) is 7.21. The number of nitrogens with zero attached hydrogens (tertiary/aromatic N) is 1. The molecule has 0 aromatic rings. The number of hydrogen-bond donors (Lipinski definition) is 6. The molecular formula is C10H11NO18S3. The Balaban J connectivity index is 3.61. The van der Waals surface area contributed by atoms with Crippen molar-refractivity contribution < 1.29 is 83.0 Å². The van der Waals surface area contributed by atoms with Crippen molar-refractivity contribution in [1.82, 2.24) is 5.06 Å². The van der Waals surface area contributed by atoms with Crippen LogP contribution in [0, 0.1) is 0 Å². The molecule has 1 saturated heterocycles. The Labute approximate surface area is 176 Å². The van der Waals surface area contributed by atoms with Crippen LogP contribution in [0.1, 0.15) is 12.8 Å². The van der Waals surface area contributed by atoms with Crippen LogP contribution in [0.5, 0.6) is 0 Å². The number of hydroxylamine groups is 2. The van der Waals surface area contributed by atoms with Crippen molar-refractivity contribution in [2.45, 2.75) is 27.8 Å². The number of aliphatic carboxylic acids is 2. The molecular weight excluding hydrogens is 518 g/mol. The molecule has 19 nitrogen and oxygen atoms in total. The fraction of sp³-hybridized carbons (Fsp3) is 0.500. The molecule has 1 heterocycles. The first kappa shape index (κ1) is 27.3. The van der Waals surface area contributed by atoms with Gasteiger partial charge in [-0.05, 0) is 0 Å². The maximum absolute atomic E-state index is 12.3. The van der Waals surface area contributed by atoms with Gasteiger partial charge in [-0.1, -0.05) is 5.06 Å². The van der Waals surface area contributed by atoms with Crippen molar-refractivity contribution in [1.29, 1.82) is 0 Å². The van der Waals surface area contributed by atoms with Gasteiger partial charge in [-0.15, -0.1) is 0 Å². The first-order chi connectivity index (χ1) is 14.0. The first-order valence-corrected chi connectivity index (χ1v) is 11.6. The largest absolute Gasteiger partial charge is 0.481 e. The van der Waals surface area contributed by atoms with Crippen LogP contribution >= 0.6 is 0 Å². The molecule has 22 heteroatoms. The lowest BCUT2D eigenvalue weighted by atomic mass is 9.96. The summed E-state index contributed by atoms with van der Waals surface area (Å²) in [5, 5.41) is 21.8. The third kappa shape index (κ3) is 4.41. The van der Waals surface area contributed by atoms with Crippen LogP contribution in [-0.2, 0) is 59.2 Å². The molecule has 2 amide bonds. The van der Waals surface area contributed by atoms with E-state index < -0.39 is 92.9 Å². The Bertz CT molecular complexity index is 1180. The molecule has 0 aromatic carbocycles. The summed E-state index contributed by atoms with van der Waals surface area (Å²) < 4.78 is 91.7. The Morgan fingerprint density at radius 3 is 1.66 bits per heavy atom. The topological polar surface area (TPSA) is 322 Å². The molecule has 1 aliphatic rings. The van der Waals surface area contributed by atoms with Gasteiger partial charge in [-0.2, -0.15) is 25.3 Å². The average molecular weight is 529 g/mol. The van der Waals surface area contributed by atoms with E-state index in [2.05, 4.69) is 4.84 Å². The van der Waals surface area contributed by atoms with Gasteiger partial charge in [0.2, 0.25) is 5.25 Å². The van der Waals surface area contributed by atoms with Crippen molar-refractivity contribution >= 4 is 60.1 Å². The molecule has 0 spiro atoms. The molecule has 0 bridgehead atoms. The Morgan fingerprint density at radius 1 is 0.938 bits per heavy atom. The standard InChI is InChI=1S/C10H11NO18S3/c12-3(13)1-9(19,8(17)18)2-4(14)29-11-6(15)5(30(20,21)22)10(7(11)16,31(23,24)25)32(26,27)28/h5,19H,1-2H2,(H,12,13)(H,17,18)(H,20,21,22)(H,23,24,25)(H,26,27,28). The van der Waals surface area contributed by atoms with Crippen LogP contribution in [0.4, 0.5) is 0 Å². The molecule has 6 N–H and O–H groups in total. The minimum Gasteiger partial charge on any atom is -0.481 e. The summed E-state index contributed by atoms with van der Waals surface area (Å²) >= 11 is 0. The Hall–Kier alpha value is -2.76. The fourth-order valence-corrected chi connectivity index (χ4v) is 7.21. The third-order valence-electron chi connectivity index (χ3n) is 3.79. The zero-order chi connectivity index (χ0) is 25.7. The van der Waals surface area contributed by atoms with E-state index in [0.717, 1.165) is 0 Å². The van der Waals surface area contributed by atoms with E-state index >= 15 is 0 Å². The number of aliphatic hydroxyl groups is 1. The predicted octanol–water partition coefficient (Wildman–Crippen LogP) is -4.78. The summed E-state index contributed by atoms with van der Waals surface area (Å²) in [5.41, 5.74) is -3.46. The molecule has 2 atom stereocenters. The van der Waals surface area contributed by atoms with Crippen LogP contribution in [-0.4, -0.2) is 104 Å². The van der Waals surface area contributed by atoms with Gasteiger partial charge in [-0.3, -0.25) is 28.0 Å². The molecule has 1 aliphatic heterocycles. The monoisotopic (exact) mass is 529 g/mol. The van der Waals surface area contributed by atoms with Crippen LogP contribution in [0.3, 0.4) is 0 Å². The van der Waals surface area contributed by atoms with E-state index in [0.29, 0.717) is 0 Å². The Morgan fingerprint density at radius 2 is 1.38 bits per heavy atom. The number of carboxylic acid groups (broad SMARTS) is 2. The number of carboxylic acids is 2. The maximum atomic E-state index is 12.3. The second-order valence-corrected chi connectivity index (χ2v) is 10.9. The molecule has 0 saturated carbocycles. The summed E-state index contributed by atoms with van der Waals surface area (Å²) in [6.45, 7) is 0. The third-order valence-corrected chi connectivity index (χ3v) is 8.85. The van der Waals surface area contributed by atoms with E-state index in [1.54, 1.807) is 0 Å². The minimum atomic E-state index is -6.67. The van der Waals surface area contributed by atoms with Crippen molar-refractivity contribution in [3.63, 3.8) is 0 Å². The number of imide groups is 1. The van der Waals surface area contributed by atoms with Crippen LogP contribution in [0.25, 0.3) is 0 Å². The van der Waals surface area contributed by atoms with E-state index in [1.807, 2.05) is 0 Å². The lowest BCUT2D eigenvalue weighted by Gasteiger charge is -2.23. The van der Waals surface area contributed by atoms with Crippen molar-refractivity contribution in [3.8, 4) is 0 Å². The summed E-state index contributed by atoms with van der Waals surface area (Å²) in [6, 6.07) is 0. The normalized spacial score (nSPS) is 21.1. The second kappa shape index (κ2) is 7.98. The van der Waals surface area contributed by atoms with Crippen LogP contribution < -0.4 is 0 Å². The molecule has 182 valence electrons. The average Bonchev–Trinajstić information content (AvgIpc) is 2.74. The smallest absolute Gasteiger partial charge is 0.336 e. The zero-order valence-corrected chi connectivity index (χ0v) is 17.2. The van der Waals surface area contributed by atoms with Crippen LogP contribution in [0.15, 0.2) is 0 Å². The summed E-state index contributed by atoms with van der Waals surface area (Å²) in [7, 11) is -19.6. The number of carbonyl (C=O) groups is 5. The summed E-state index contributed by atoms with van der Waals surface area (Å²) in [6.07, 6.45) is -3.57. The zero-order valence-electron chi connectivity index (χ0n) is 14.7. The highest BCUT2D eigenvalue weighted by atomic mass is 32.3. The number of amides is 2. The van der Waals surface area contributed by atoms with Gasteiger partial charge in [0.05, 0.1) is 12.8 Å². The minimum absolute atomic E-state index is 1.26. The summed E-state index contributed by atoms with van der Waals surface area (Å²) in [4.78, 5) is 61.8. The fourth-order valence-electron chi connectivity index (χ4n) is 2.49. The molecule has 0 radical (unpaired) electrons. The van der Waals surface area contributed by atoms with E-state index in [1.165, 1.54) is 0 Å². The Kier molecular flexibility index (Phi) is 6.80. The number of rotatable bonds is 9. The van der Waals surface area contributed by atoms with Gasteiger partial charge >= 0.3 is 27.9 Å². The van der Waals surface area contributed by atoms with Gasteiger partial charge < -0.3 is 20.2 Å². The number of carbonyl (C=O) groups excluding carboxylic acids is 3. The maximum Gasteiger partial charge on any atom is 0.336 e. The van der Waals surface area contributed by atoms with Gasteiger partial charge in [0.15, 0.2) is 5.60 Å². The van der Waals surface area contributed by atoms with Crippen molar-refractivity contribution in [3.05, 3.63) is 0 Å². The molecule has 0 aromatic heterocycles. The van der Waals surface area contributed by atoms with E-state index in [9.17, 15) is 63.4 Å². The SMILES string of the molecule is O=C(O)CC(O)(CC(=O)ON1C(=O)C(S(=O)(=O)O)C(S(=O)(=O)O)(S(=O)(=O)O)C1=O)C(=O)O. The second-order valence-electron chi connectivity index (χ2n) is 6.00. The highest BCUT2D eigenvalue weighted by Crippen LogP contribution is 2.40. The van der Waals surface area contributed by atoms with Gasteiger partial charge in [0.1, 0.15) is 0 Å². The van der Waals surface area contributed by atoms with E-state index in [-0.39, 0.29) is 0 Å². The predicted molar refractivity (Wildman–Crippen MR) is 88.6 cm³/mol. The quantitative estimate of drug-likeness (QED) is 0.120. The molecule has 1 fully saturated rings. The molecule has 2 unspecified atom stereocenters. The van der Waals surface area contributed by atoms with Gasteiger partial charge in [-0.25, -0.2) is 9.59 Å². The lowest BCUT2D eigenvalue weighted by molar-refractivity contribution is -0.202.